The first kappa shape index (κ1) is 13.7. The molecule has 1 N–H and O–H groups in total. The minimum absolute atomic E-state index is 0.197. The summed E-state index contributed by atoms with van der Waals surface area (Å²) >= 11 is 9.98. The van der Waals surface area contributed by atoms with Crippen LogP contribution < -0.4 is 5.32 Å². The molecule has 1 amide bonds. The second-order valence-corrected chi connectivity index (χ2v) is 5.94. The van der Waals surface area contributed by atoms with Gasteiger partial charge in [-0.15, -0.1) is 0 Å². The lowest BCUT2D eigenvalue weighted by atomic mass is 10.2. The van der Waals surface area contributed by atoms with Crippen molar-refractivity contribution in [1.29, 1.82) is 0 Å². The molecule has 3 nitrogen and oxygen atoms in total. The Bertz CT molecular complexity index is 602. The molecule has 92 valence electrons. The summed E-state index contributed by atoms with van der Waals surface area (Å²) in [7, 11) is 0. The zero-order chi connectivity index (χ0) is 13.1. The van der Waals surface area contributed by atoms with Crippen LogP contribution in [0.15, 0.2) is 50.1 Å². The maximum atomic E-state index is 12.1. The number of hydrogen-bond donors (Lipinski definition) is 1. The lowest BCUT2D eigenvalue weighted by Gasteiger charge is -2.08. The quantitative estimate of drug-likeness (QED) is 0.701. The van der Waals surface area contributed by atoms with Gasteiger partial charge < -0.3 is 5.32 Å². The lowest BCUT2D eigenvalue weighted by Crippen LogP contribution is -2.13. The van der Waals surface area contributed by atoms with Gasteiger partial charge in [-0.2, -0.15) is 0 Å². The highest BCUT2D eigenvalue weighted by Crippen LogP contribution is 2.24. The summed E-state index contributed by atoms with van der Waals surface area (Å²) < 4.78 is 2.19. The Hall–Kier alpha value is -0.720. The summed E-state index contributed by atoms with van der Waals surface area (Å²) in [6, 6.07) is 8.97. The summed E-state index contributed by atoms with van der Waals surface area (Å²) in [5.41, 5.74) is 1.19. The van der Waals surface area contributed by atoms with E-state index in [4.69, 9.17) is 0 Å². The molecular formula is C12H7Br3N2O. The Morgan fingerprint density at radius 2 is 1.94 bits per heavy atom. The molecule has 0 saturated carbocycles. The van der Waals surface area contributed by atoms with Crippen molar-refractivity contribution in [2.75, 3.05) is 5.32 Å². The van der Waals surface area contributed by atoms with Gasteiger partial charge in [0.25, 0.3) is 5.91 Å². The Morgan fingerprint density at radius 1 is 1.17 bits per heavy atom. The van der Waals surface area contributed by atoms with Crippen molar-refractivity contribution in [3.8, 4) is 0 Å². The van der Waals surface area contributed by atoms with Gasteiger partial charge in [0.05, 0.1) is 11.3 Å². The van der Waals surface area contributed by atoms with Crippen LogP contribution in [0.2, 0.25) is 0 Å². The zero-order valence-electron chi connectivity index (χ0n) is 8.95. The summed E-state index contributed by atoms with van der Waals surface area (Å²) in [5, 5.41) is 2.80. The topological polar surface area (TPSA) is 42.0 Å². The standard InChI is InChI=1S/C12H7Br3N2O/c13-7-3-4-9(14)8(6-7)12(18)17-10-2-1-5-16-11(10)15/h1-6H,(H,17,18). The number of amides is 1. The minimum atomic E-state index is -0.197. The Kier molecular flexibility index (Phi) is 4.53. The highest BCUT2D eigenvalue weighted by molar-refractivity contribution is 9.11. The normalized spacial score (nSPS) is 10.2. The molecular weight excluding hydrogens is 428 g/mol. The molecule has 1 aromatic heterocycles. The lowest BCUT2D eigenvalue weighted by molar-refractivity contribution is 0.102. The number of nitrogens with zero attached hydrogens (tertiary/aromatic N) is 1. The molecule has 0 bridgehead atoms. The van der Waals surface area contributed by atoms with Gasteiger partial charge in [-0.1, -0.05) is 15.9 Å². The molecule has 1 heterocycles. The zero-order valence-corrected chi connectivity index (χ0v) is 13.7. The number of aromatic nitrogens is 1. The highest BCUT2D eigenvalue weighted by Gasteiger charge is 2.12. The summed E-state index contributed by atoms with van der Waals surface area (Å²) in [4.78, 5) is 16.2. The van der Waals surface area contributed by atoms with Crippen molar-refractivity contribution in [2.45, 2.75) is 0 Å². The number of pyridine rings is 1. The van der Waals surface area contributed by atoms with E-state index < -0.39 is 0 Å². The molecule has 0 aliphatic carbocycles. The predicted molar refractivity (Wildman–Crippen MR) is 81.7 cm³/mol. The molecule has 0 atom stereocenters. The summed E-state index contributed by atoms with van der Waals surface area (Å²) in [5.74, 6) is -0.197. The second-order valence-electron chi connectivity index (χ2n) is 3.42. The predicted octanol–water partition coefficient (Wildman–Crippen LogP) is 4.62. The van der Waals surface area contributed by atoms with Gasteiger partial charge in [-0.25, -0.2) is 4.98 Å². The monoisotopic (exact) mass is 432 g/mol. The first-order valence-corrected chi connectivity index (χ1v) is 7.33. The fourth-order valence-corrected chi connectivity index (χ4v) is 2.48. The van der Waals surface area contributed by atoms with E-state index in [1.165, 1.54) is 0 Å². The molecule has 0 fully saturated rings. The number of rotatable bonds is 2. The average Bonchev–Trinajstić information content (AvgIpc) is 2.35. The molecule has 18 heavy (non-hydrogen) atoms. The number of benzene rings is 1. The molecule has 0 aliphatic heterocycles. The Balaban J connectivity index is 2.28. The molecule has 6 heteroatoms. The van der Waals surface area contributed by atoms with Crippen LogP contribution in [-0.2, 0) is 0 Å². The molecule has 0 unspecified atom stereocenters. The average molecular weight is 435 g/mol. The van der Waals surface area contributed by atoms with Crippen LogP contribution in [0.25, 0.3) is 0 Å². The first-order valence-electron chi connectivity index (χ1n) is 4.95. The Labute approximate surface area is 129 Å². The van der Waals surface area contributed by atoms with Gasteiger partial charge in [0.15, 0.2) is 0 Å². The number of halogens is 3. The van der Waals surface area contributed by atoms with Crippen LogP contribution in [0.5, 0.6) is 0 Å². The van der Waals surface area contributed by atoms with E-state index in [1.807, 2.05) is 12.1 Å². The minimum Gasteiger partial charge on any atom is -0.320 e. The van der Waals surface area contributed by atoms with Crippen LogP contribution in [0.3, 0.4) is 0 Å². The highest BCUT2D eigenvalue weighted by atomic mass is 79.9. The van der Waals surface area contributed by atoms with Crippen molar-refractivity contribution in [1.82, 2.24) is 4.98 Å². The maximum Gasteiger partial charge on any atom is 0.256 e. The largest absolute Gasteiger partial charge is 0.320 e. The van der Waals surface area contributed by atoms with Gasteiger partial charge in [-0.3, -0.25) is 4.79 Å². The molecule has 0 radical (unpaired) electrons. The molecule has 0 aliphatic rings. The van der Waals surface area contributed by atoms with Gasteiger partial charge in [0.1, 0.15) is 4.60 Å². The molecule has 2 aromatic rings. The number of anilines is 1. The van der Waals surface area contributed by atoms with Crippen molar-refractivity contribution in [2.24, 2.45) is 0 Å². The van der Waals surface area contributed by atoms with E-state index in [9.17, 15) is 4.79 Å². The van der Waals surface area contributed by atoms with Crippen molar-refractivity contribution < 1.29 is 4.79 Å². The van der Waals surface area contributed by atoms with Crippen molar-refractivity contribution in [3.63, 3.8) is 0 Å². The molecule has 1 aromatic carbocycles. The first-order chi connectivity index (χ1) is 8.58. The van der Waals surface area contributed by atoms with E-state index in [-0.39, 0.29) is 5.91 Å². The van der Waals surface area contributed by atoms with Crippen LogP contribution in [0.4, 0.5) is 5.69 Å². The van der Waals surface area contributed by atoms with Crippen LogP contribution in [0.1, 0.15) is 10.4 Å². The van der Waals surface area contributed by atoms with E-state index in [0.717, 1.165) is 8.95 Å². The van der Waals surface area contributed by atoms with E-state index in [0.29, 0.717) is 15.9 Å². The van der Waals surface area contributed by atoms with Gasteiger partial charge in [-0.05, 0) is 62.2 Å². The summed E-state index contributed by atoms with van der Waals surface area (Å²) in [6.07, 6.45) is 1.65. The number of hydrogen-bond acceptors (Lipinski definition) is 2. The number of carbonyl (C=O) groups is 1. The molecule has 0 spiro atoms. The van der Waals surface area contributed by atoms with Gasteiger partial charge in [0.2, 0.25) is 0 Å². The van der Waals surface area contributed by atoms with Crippen LogP contribution in [-0.4, -0.2) is 10.9 Å². The fraction of sp³-hybridized carbons (Fsp3) is 0. The number of nitrogens with one attached hydrogen (secondary N) is 1. The van der Waals surface area contributed by atoms with E-state index in [2.05, 4.69) is 58.1 Å². The third kappa shape index (κ3) is 3.18. The smallest absolute Gasteiger partial charge is 0.256 e. The van der Waals surface area contributed by atoms with Gasteiger partial charge >= 0.3 is 0 Å². The van der Waals surface area contributed by atoms with E-state index >= 15 is 0 Å². The van der Waals surface area contributed by atoms with Crippen molar-refractivity contribution in [3.05, 3.63) is 55.6 Å². The second kappa shape index (κ2) is 5.95. The molecule has 0 saturated heterocycles. The van der Waals surface area contributed by atoms with Crippen molar-refractivity contribution >= 4 is 59.4 Å². The van der Waals surface area contributed by atoms with Crippen LogP contribution in [0, 0.1) is 0 Å². The maximum absolute atomic E-state index is 12.1. The third-order valence-corrected chi connectivity index (χ3v) is 4.00. The fourth-order valence-electron chi connectivity index (χ4n) is 1.34. The summed E-state index contributed by atoms with van der Waals surface area (Å²) in [6.45, 7) is 0. The third-order valence-electron chi connectivity index (χ3n) is 2.18. The number of carbonyl (C=O) groups excluding carboxylic acids is 1. The van der Waals surface area contributed by atoms with E-state index in [1.54, 1.807) is 24.4 Å². The molecule has 2 rings (SSSR count). The Morgan fingerprint density at radius 3 is 2.67 bits per heavy atom. The van der Waals surface area contributed by atoms with Gasteiger partial charge in [0, 0.05) is 15.1 Å². The SMILES string of the molecule is O=C(Nc1cccnc1Br)c1cc(Br)ccc1Br. The van der Waals surface area contributed by atoms with Crippen LogP contribution >= 0.6 is 47.8 Å².